The average molecular weight is 357 g/mol. The fourth-order valence-electron chi connectivity index (χ4n) is 3.21. The van der Waals surface area contributed by atoms with Crippen molar-refractivity contribution in [3.8, 4) is 0 Å². The highest BCUT2D eigenvalue weighted by Gasteiger charge is 2.44. The lowest BCUT2D eigenvalue weighted by Gasteiger charge is -2.30. The van der Waals surface area contributed by atoms with Gasteiger partial charge >= 0.3 is 0 Å². The maximum absolute atomic E-state index is 13.3. The summed E-state index contributed by atoms with van der Waals surface area (Å²) < 4.78 is 31.8. The van der Waals surface area contributed by atoms with E-state index in [2.05, 4.69) is 20.4 Å². The molecule has 3 atom stereocenters. The number of hydrogen-bond acceptors (Lipinski definition) is 5. The Labute approximate surface area is 144 Å². The number of piperazine rings is 1. The summed E-state index contributed by atoms with van der Waals surface area (Å²) in [6.45, 7) is 2.70. The van der Waals surface area contributed by atoms with Crippen molar-refractivity contribution in [1.29, 1.82) is 0 Å². The van der Waals surface area contributed by atoms with Gasteiger partial charge in [-0.1, -0.05) is 11.2 Å². The second-order valence-corrected chi connectivity index (χ2v) is 6.31. The van der Waals surface area contributed by atoms with Crippen molar-refractivity contribution in [2.24, 2.45) is 0 Å². The largest absolute Gasteiger partial charge is 0.339 e. The first-order valence-corrected chi connectivity index (χ1v) is 7.83. The van der Waals surface area contributed by atoms with Crippen LogP contribution in [0.25, 0.3) is 0 Å². The van der Waals surface area contributed by atoms with Crippen molar-refractivity contribution in [1.82, 2.24) is 20.4 Å². The van der Waals surface area contributed by atoms with Crippen molar-refractivity contribution in [2.45, 2.75) is 24.3 Å². The molecule has 130 valence electrons. The minimum atomic E-state index is -0.820. The van der Waals surface area contributed by atoms with Crippen molar-refractivity contribution in [3.63, 3.8) is 0 Å². The van der Waals surface area contributed by atoms with E-state index in [0.717, 1.165) is 31.6 Å². The number of rotatable bonds is 3. The summed E-state index contributed by atoms with van der Waals surface area (Å²) in [4.78, 5) is 6.73. The molecule has 0 spiro atoms. The molecule has 0 amide bonds. The molecule has 2 fully saturated rings. The van der Waals surface area contributed by atoms with Gasteiger partial charge in [-0.3, -0.25) is 4.90 Å². The van der Waals surface area contributed by atoms with Gasteiger partial charge in [0.2, 0.25) is 5.89 Å². The number of halogens is 3. The Kier molecular flexibility index (Phi) is 4.85. The number of hydrogen-bond donors (Lipinski definition) is 1. The zero-order chi connectivity index (χ0) is 16.0. The van der Waals surface area contributed by atoms with Gasteiger partial charge in [-0.25, -0.2) is 8.78 Å². The van der Waals surface area contributed by atoms with Crippen molar-refractivity contribution < 1.29 is 13.3 Å². The highest BCUT2D eigenvalue weighted by atomic mass is 35.5. The Bertz CT molecular complexity index is 726. The molecule has 2 heterocycles. The van der Waals surface area contributed by atoms with Gasteiger partial charge in [-0.05, 0) is 37.1 Å². The van der Waals surface area contributed by atoms with Crippen LogP contribution < -0.4 is 5.32 Å². The molecule has 24 heavy (non-hydrogen) atoms. The molecule has 5 nitrogen and oxygen atoms in total. The number of benzene rings is 1. The lowest BCUT2D eigenvalue weighted by Crippen LogP contribution is -2.44. The van der Waals surface area contributed by atoms with Gasteiger partial charge in [0.25, 0.3) is 0 Å². The van der Waals surface area contributed by atoms with Gasteiger partial charge in [0, 0.05) is 25.6 Å². The lowest BCUT2D eigenvalue weighted by molar-refractivity contribution is 0.190. The molecule has 1 saturated carbocycles. The predicted octanol–water partition coefficient (Wildman–Crippen LogP) is 2.62. The molecule has 0 bridgehead atoms. The molecule has 8 heteroatoms. The molecule has 4 rings (SSSR count). The Morgan fingerprint density at radius 2 is 2.08 bits per heavy atom. The second kappa shape index (κ2) is 6.74. The SMILES string of the molecule is CN1CCNCC1c1noc(C2CC2c2ccc(F)c(F)c2)n1.Cl. The quantitative estimate of drug-likeness (QED) is 0.916. The summed E-state index contributed by atoms with van der Waals surface area (Å²) in [6, 6.07) is 4.17. The normalized spacial score (nSPS) is 26.9. The van der Waals surface area contributed by atoms with Gasteiger partial charge in [-0.15, -0.1) is 12.4 Å². The van der Waals surface area contributed by atoms with Gasteiger partial charge < -0.3 is 9.84 Å². The van der Waals surface area contributed by atoms with Crippen molar-refractivity contribution in [3.05, 3.63) is 47.1 Å². The van der Waals surface area contributed by atoms with Crippen LogP contribution in [0, 0.1) is 11.6 Å². The van der Waals surface area contributed by atoms with Crippen molar-refractivity contribution >= 4 is 12.4 Å². The molecule has 1 aliphatic carbocycles. The van der Waals surface area contributed by atoms with Crippen LogP contribution in [-0.4, -0.2) is 41.7 Å². The molecule has 2 aliphatic rings. The van der Waals surface area contributed by atoms with Crippen LogP contribution in [0.4, 0.5) is 8.78 Å². The third kappa shape index (κ3) is 3.16. The molecule has 3 unspecified atom stereocenters. The monoisotopic (exact) mass is 356 g/mol. The van der Waals surface area contributed by atoms with Crippen LogP contribution in [-0.2, 0) is 0 Å². The third-order valence-electron chi connectivity index (χ3n) is 4.75. The van der Waals surface area contributed by atoms with Gasteiger partial charge in [0.05, 0.1) is 6.04 Å². The van der Waals surface area contributed by atoms with E-state index in [4.69, 9.17) is 4.52 Å². The summed E-state index contributed by atoms with van der Waals surface area (Å²) in [5.74, 6) is -0.129. The Hall–Kier alpha value is -1.57. The highest BCUT2D eigenvalue weighted by molar-refractivity contribution is 5.85. The van der Waals surface area contributed by atoms with E-state index >= 15 is 0 Å². The molecular formula is C16H19ClF2N4O. The van der Waals surface area contributed by atoms with Gasteiger partial charge in [-0.2, -0.15) is 4.98 Å². The molecule has 1 aromatic carbocycles. The van der Waals surface area contributed by atoms with Crippen LogP contribution in [0.2, 0.25) is 0 Å². The van der Waals surface area contributed by atoms with Crippen LogP contribution in [0.3, 0.4) is 0 Å². The van der Waals surface area contributed by atoms with Gasteiger partial charge in [0.15, 0.2) is 17.5 Å². The number of aromatic nitrogens is 2. The fraction of sp³-hybridized carbons (Fsp3) is 0.500. The maximum Gasteiger partial charge on any atom is 0.230 e. The van der Waals surface area contributed by atoms with Crippen molar-refractivity contribution in [2.75, 3.05) is 26.7 Å². The first kappa shape index (κ1) is 17.3. The van der Waals surface area contributed by atoms with E-state index in [1.54, 1.807) is 6.07 Å². The zero-order valence-electron chi connectivity index (χ0n) is 13.2. The summed E-state index contributed by atoms with van der Waals surface area (Å²) in [6.07, 6.45) is 0.825. The first-order chi connectivity index (χ1) is 11.1. The van der Waals surface area contributed by atoms with Crippen LogP contribution in [0.15, 0.2) is 22.7 Å². The maximum atomic E-state index is 13.3. The Morgan fingerprint density at radius 1 is 1.25 bits per heavy atom. The second-order valence-electron chi connectivity index (χ2n) is 6.31. The van der Waals surface area contributed by atoms with Crippen LogP contribution in [0.1, 0.15) is 41.6 Å². The summed E-state index contributed by atoms with van der Waals surface area (Å²) in [5, 5.41) is 7.43. The van der Waals surface area contributed by atoms with E-state index < -0.39 is 11.6 Å². The smallest absolute Gasteiger partial charge is 0.230 e. The third-order valence-corrected chi connectivity index (χ3v) is 4.75. The first-order valence-electron chi connectivity index (χ1n) is 7.83. The topological polar surface area (TPSA) is 54.2 Å². The number of nitrogens with zero attached hydrogens (tertiary/aromatic N) is 3. The minimum absolute atomic E-state index is 0. The van der Waals surface area contributed by atoms with Crippen LogP contribution in [0.5, 0.6) is 0 Å². The summed E-state index contributed by atoms with van der Waals surface area (Å²) >= 11 is 0. The molecule has 1 aromatic heterocycles. The minimum Gasteiger partial charge on any atom is -0.339 e. The lowest BCUT2D eigenvalue weighted by atomic mass is 10.1. The molecule has 1 aliphatic heterocycles. The Balaban J connectivity index is 0.00000169. The molecule has 1 N–H and O–H groups in total. The van der Waals surface area contributed by atoms with E-state index in [1.165, 1.54) is 12.1 Å². The summed E-state index contributed by atoms with van der Waals surface area (Å²) in [7, 11) is 2.04. The standard InChI is InChI=1S/C16H18F2N4O.ClH/c1-22-5-4-19-8-14(22)15-20-16(23-21-15)11-7-10(11)9-2-3-12(17)13(18)6-9;/h2-3,6,10-11,14,19H,4-5,7-8H2,1H3;1H. The van der Waals surface area contributed by atoms with E-state index in [9.17, 15) is 8.78 Å². The molecule has 2 aromatic rings. The average Bonchev–Trinajstić information content (AvgIpc) is 3.20. The van der Waals surface area contributed by atoms with E-state index in [0.29, 0.717) is 11.7 Å². The van der Waals surface area contributed by atoms with Gasteiger partial charge in [0.1, 0.15) is 0 Å². The zero-order valence-corrected chi connectivity index (χ0v) is 14.0. The predicted molar refractivity (Wildman–Crippen MR) is 86.2 cm³/mol. The van der Waals surface area contributed by atoms with E-state index in [-0.39, 0.29) is 30.3 Å². The fourth-order valence-corrected chi connectivity index (χ4v) is 3.21. The molecular weight excluding hydrogens is 338 g/mol. The molecule has 1 saturated heterocycles. The van der Waals surface area contributed by atoms with E-state index in [1.807, 2.05) is 7.05 Å². The number of likely N-dealkylation sites (N-methyl/N-ethyl adjacent to an activating group) is 1. The van der Waals surface area contributed by atoms with Crippen LogP contribution >= 0.6 is 12.4 Å². The highest BCUT2D eigenvalue weighted by Crippen LogP contribution is 2.54. The Morgan fingerprint density at radius 3 is 2.83 bits per heavy atom. The summed E-state index contributed by atoms with van der Waals surface area (Å²) in [5.41, 5.74) is 0.783. The molecule has 0 radical (unpaired) electrons. The number of nitrogens with one attached hydrogen (secondary N) is 1.